The van der Waals surface area contributed by atoms with Crippen LogP contribution in [0.5, 0.6) is 17.2 Å². The highest BCUT2D eigenvalue weighted by atomic mass is 35.5. The van der Waals surface area contributed by atoms with Crippen LogP contribution in [0.4, 0.5) is 0 Å². The fraction of sp³-hybridized carbons (Fsp3) is 0.111. The fourth-order valence-corrected chi connectivity index (χ4v) is 2.16. The summed E-state index contributed by atoms with van der Waals surface area (Å²) < 4.78 is 15.6. The summed E-state index contributed by atoms with van der Waals surface area (Å²) in [6.07, 6.45) is 2.84. The number of nitrogens with zero attached hydrogens (tertiary/aromatic N) is 1. The highest BCUT2D eigenvalue weighted by Gasteiger charge is 2.06. The SMILES string of the molecule is COc1cc(/C=C/C(=O)Oc2ccc(Cl)c(Cl)c2)ccc1OCC#N. The summed E-state index contributed by atoms with van der Waals surface area (Å²) in [5.41, 5.74) is 0.701. The van der Waals surface area contributed by atoms with Gasteiger partial charge in [0.05, 0.1) is 17.2 Å². The van der Waals surface area contributed by atoms with Gasteiger partial charge in [0.25, 0.3) is 0 Å². The van der Waals surface area contributed by atoms with Gasteiger partial charge in [-0.05, 0) is 35.9 Å². The van der Waals surface area contributed by atoms with E-state index in [1.54, 1.807) is 36.4 Å². The van der Waals surface area contributed by atoms with Crippen LogP contribution in [0, 0.1) is 11.3 Å². The van der Waals surface area contributed by atoms with Gasteiger partial charge in [0, 0.05) is 12.1 Å². The van der Waals surface area contributed by atoms with Gasteiger partial charge in [0.2, 0.25) is 0 Å². The monoisotopic (exact) mass is 377 g/mol. The number of rotatable bonds is 6. The molecule has 0 atom stereocenters. The standard InChI is InChI=1S/C18H13Cl2NO4/c1-23-17-10-12(2-6-16(17)24-9-8-21)3-7-18(22)25-13-4-5-14(19)15(20)11-13/h2-7,10-11H,9H2,1H3/b7-3+. The van der Waals surface area contributed by atoms with Gasteiger partial charge >= 0.3 is 5.97 Å². The summed E-state index contributed by atoms with van der Waals surface area (Å²) in [6, 6.07) is 11.5. The van der Waals surface area contributed by atoms with Gasteiger partial charge in [-0.3, -0.25) is 0 Å². The van der Waals surface area contributed by atoms with Crippen molar-refractivity contribution in [2.75, 3.05) is 13.7 Å². The van der Waals surface area contributed by atoms with E-state index in [2.05, 4.69) is 0 Å². The minimum atomic E-state index is -0.567. The lowest BCUT2D eigenvalue weighted by molar-refractivity contribution is -0.128. The molecule has 7 heteroatoms. The van der Waals surface area contributed by atoms with Crippen LogP contribution >= 0.6 is 23.2 Å². The average Bonchev–Trinajstić information content (AvgIpc) is 2.61. The minimum Gasteiger partial charge on any atom is -0.493 e. The van der Waals surface area contributed by atoms with Gasteiger partial charge in [-0.25, -0.2) is 4.79 Å². The number of hydrogen-bond donors (Lipinski definition) is 0. The van der Waals surface area contributed by atoms with Crippen LogP contribution in [0.2, 0.25) is 10.0 Å². The van der Waals surface area contributed by atoms with Gasteiger partial charge in [0.15, 0.2) is 18.1 Å². The number of nitriles is 1. The van der Waals surface area contributed by atoms with Gasteiger partial charge in [0.1, 0.15) is 11.8 Å². The first-order chi connectivity index (χ1) is 12.0. The molecule has 0 heterocycles. The second kappa shape index (κ2) is 8.97. The third kappa shape index (κ3) is 5.42. The number of carbonyl (C=O) groups is 1. The van der Waals surface area contributed by atoms with Crippen LogP contribution < -0.4 is 14.2 Å². The number of methoxy groups -OCH3 is 1. The van der Waals surface area contributed by atoms with Crippen LogP contribution in [0.15, 0.2) is 42.5 Å². The number of hydrogen-bond acceptors (Lipinski definition) is 5. The molecule has 0 radical (unpaired) electrons. The Labute approximate surface area is 154 Å². The Morgan fingerprint density at radius 3 is 2.64 bits per heavy atom. The molecule has 2 aromatic rings. The number of halogens is 2. The lowest BCUT2D eigenvalue weighted by Crippen LogP contribution is -2.03. The summed E-state index contributed by atoms with van der Waals surface area (Å²) in [6.45, 7) is -0.0818. The summed E-state index contributed by atoms with van der Waals surface area (Å²) in [4.78, 5) is 11.9. The molecule has 0 aliphatic rings. The molecule has 0 aliphatic carbocycles. The molecular formula is C18H13Cl2NO4. The van der Waals surface area contributed by atoms with E-state index < -0.39 is 5.97 Å². The zero-order valence-corrected chi connectivity index (χ0v) is 14.7. The van der Waals surface area contributed by atoms with Crippen LogP contribution in [0.25, 0.3) is 6.08 Å². The topological polar surface area (TPSA) is 68.6 Å². The van der Waals surface area contributed by atoms with Crippen molar-refractivity contribution >= 4 is 35.2 Å². The van der Waals surface area contributed by atoms with E-state index in [0.29, 0.717) is 32.9 Å². The van der Waals surface area contributed by atoms with Crippen LogP contribution in [0.3, 0.4) is 0 Å². The summed E-state index contributed by atoms with van der Waals surface area (Å²) in [7, 11) is 1.49. The van der Waals surface area contributed by atoms with Crippen molar-refractivity contribution in [1.82, 2.24) is 0 Å². The van der Waals surface area contributed by atoms with E-state index in [9.17, 15) is 4.79 Å². The van der Waals surface area contributed by atoms with Gasteiger partial charge in [-0.15, -0.1) is 0 Å². The lowest BCUT2D eigenvalue weighted by atomic mass is 10.2. The van der Waals surface area contributed by atoms with E-state index in [1.165, 1.54) is 19.3 Å². The average molecular weight is 378 g/mol. The second-order valence-electron chi connectivity index (χ2n) is 4.69. The van der Waals surface area contributed by atoms with Crippen molar-refractivity contribution in [1.29, 1.82) is 5.26 Å². The van der Waals surface area contributed by atoms with Crippen LogP contribution in [-0.4, -0.2) is 19.7 Å². The van der Waals surface area contributed by atoms with Gasteiger partial charge in [-0.1, -0.05) is 29.3 Å². The van der Waals surface area contributed by atoms with Gasteiger partial charge in [-0.2, -0.15) is 5.26 Å². The van der Waals surface area contributed by atoms with Crippen molar-refractivity contribution in [2.45, 2.75) is 0 Å². The van der Waals surface area contributed by atoms with E-state index in [1.807, 2.05) is 6.07 Å². The third-order valence-corrected chi connectivity index (χ3v) is 3.74. The van der Waals surface area contributed by atoms with E-state index in [-0.39, 0.29) is 6.61 Å². The molecule has 0 unspecified atom stereocenters. The molecule has 0 aromatic heterocycles. The molecule has 0 spiro atoms. The predicted octanol–water partition coefficient (Wildman–Crippen LogP) is 4.52. The first kappa shape index (κ1) is 18.7. The van der Waals surface area contributed by atoms with E-state index in [4.69, 9.17) is 42.7 Å². The number of ether oxygens (including phenoxy) is 3. The number of benzene rings is 2. The van der Waals surface area contributed by atoms with Crippen molar-refractivity contribution < 1.29 is 19.0 Å². The Bertz CT molecular complexity index is 843. The molecule has 128 valence electrons. The van der Waals surface area contributed by atoms with E-state index in [0.717, 1.165) is 0 Å². The van der Waals surface area contributed by atoms with Crippen molar-refractivity contribution in [2.24, 2.45) is 0 Å². The van der Waals surface area contributed by atoms with Crippen molar-refractivity contribution in [3.63, 3.8) is 0 Å². The van der Waals surface area contributed by atoms with E-state index >= 15 is 0 Å². The lowest BCUT2D eigenvalue weighted by Gasteiger charge is -2.08. The zero-order chi connectivity index (χ0) is 18.2. The maximum Gasteiger partial charge on any atom is 0.336 e. The zero-order valence-electron chi connectivity index (χ0n) is 13.2. The summed E-state index contributed by atoms with van der Waals surface area (Å²) in [5.74, 6) is 0.624. The molecule has 0 bridgehead atoms. The Balaban J connectivity index is 2.06. The van der Waals surface area contributed by atoms with Crippen LogP contribution in [0.1, 0.15) is 5.56 Å². The molecule has 2 rings (SSSR count). The molecule has 0 aliphatic heterocycles. The predicted molar refractivity (Wildman–Crippen MR) is 95.2 cm³/mol. The molecule has 0 saturated heterocycles. The Hall–Kier alpha value is -2.68. The van der Waals surface area contributed by atoms with Crippen molar-refractivity contribution in [3.05, 3.63) is 58.1 Å². The molecule has 5 nitrogen and oxygen atoms in total. The fourth-order valence-electron chi connectivity index (χ4n) is 1.87. The maximum atomic E-state index is 11.9. The Morgan fingerprint density at radius 2 is 1.96 bits per heavy atom. The summed E-state index contributed by atoms with van der Waals surface area (Å²) >= 11 is 11.7. The quantitative estimate of drug-likeness (QED) is 0.420. The normalized spacial score (nSPS) is 10.3. The Kier molecular flexibility index (Phi) is 6.70. The first-order valence-corrected chi connectivity index (χ1v) is 7.82. The molecule has 25 heavy (non-hydrogen) atoms. The Morgan fingerprint density at radius 1 is 1.16 bits per heavy atom. The largest absolute Gasteiger partial charge is 0.493 e. The molecule has 0 amide bonds. The maximum absolute atomic E-state index is 11.9. The summed E-state index contributed by atoms with van der Waals surface area (Å²) in [5, 5.41) is 9.23. The highest BCUT2D eigenvalue weighted by molar-refractivity contribution is 6.42. The molecule has 2 aromatic carbocycles. The second-order valence-corrected chi connectivity index (χ2v) is 5.50. The molecule has 0 fully saturated rings. The van der Waals surface area contributed by atoms with Gasteiger partial charge < -0.3 is 14.2 Å². The highest BCUT2D eigenvalue weighted by Crippen LogP contribution is 2.29. The third-order valence-electron chi connectivity index (χ3n) is 3.00. The number of carbonyl (C=O) groups excluding carboxylic acids is 1. The van der Waals surface area contributed by atoms with Crippen molar-refractivity contribution in [3.8, 4) is 23.3 Å². The molecule has 0 N–H and O–H groups in total. The minimum absolute atomic E-state index is 0.0818. The first-order valence-electron chi connectivity index (χ1n) is 7.06. The number of esters is 1. The van der Waals surface area contributed by atoms with Crippen LogP contribution in [-0.2, 0) is 4.79 Å². The molecule has 0 saturated carbocycles. The molecular weight excluding hydrogens is 365 g/mol. The smallest absolute Gasteiger partial charge is 0.336 e.